The monoisotopic (exact) mass is 244 g/mol. The van der Waals surface area contributed by atoms with E-state index in [0.29, 0.717) is 12.0 Å². The number of benzene rings is 1. The zero-order chi connectivity index (χ0) is 13.1. The Morgan fingerprint density at radius 1 is 1.33 bits per heavy atom. The fourth-order valence-corrected chi connectivity index (χ4v) is 1.78. The number of aliphatic carboxylic acids is 1. The molecule has 0 spiro atoms. The van der Waals surface area contributed by atoms with Crippen molar-refractivity contribution in [2.75, 3.05) is 0 Å². The number of hydrogen-bond acceptors (Lipinski definition) is 3. The van der Waals surface area contributed by atoms with Crippen molar-refractivity contribution in [2.45, 2.75) is 13.3 Å². The summed E-state index contributed by atoms with van der Waals surface area (Å²) >= 11 is 0. The van der Waals surface area contributed by atoms with Crippen molar-refractivity contribution in [3.63, 3.8) is 0 Å². The molecule has 0 atom stereocenters. The second-order valence-electron chi connectivity index (χ2n) is 4.03. The molecule has 0 saturated heterocycles. The summed E-state index contributed by atoms with van der Waals surface area (Å²) in [6.45, 7) is 1.85. The zero-order valence-electron chi connectivity index (χ0n) is 9.84. The number of carbonyl (C=O) groups is 2. The summed E-state index contributed by atoms with van der Waals surface area (Å²) < 4.78 is 5.31. The van der Waals surface area contributed by atoms with Crippen LogP contribution in [0, 0.1) is 6.92 Å². The maximum atomic E-state index is 10.7. The maximum absolute atomic E-state index is 10.7. The molecule has 18 heavy (non-hydrogen) atoms. The summed E-state index contributed by atoms with van der Waals surface area (Å²) in [5.74, 6) is 0.0198. The van der Waals surface area contributed by atoms with Crippen molar-refractivity contribution >= 4 is 12.3 Å². The molecule has 2 aromatic rings. The molecular formula is C14H12O4. The summed E-state index contributed by atoms with van der Waals surface area (Å²) in [6.07, 6.45) is 0.652. The van der Waals surface area contributed by atoms with E-state index in [1.807, 2.05) is 13.0 Å². The molecule has 4 nitrogen and oxygen atoms in total. The van der Waals surface area contributed by atoms with E-state index in [4.69, 9.17) is 9.52 Å². The van der Waals surface area contributed by atoms with Crippen LogP contribution in [0.25, 0.3) is 11.3 Å². The molecule has 0 amide bonds. The lowest BCUT2D eigenvalue weighted by Gasteiger charge is -2.05. The molecule has 92 valence electrons. The molecule has 4 heteroatoms. The highest BCUT2D eigenvalue weighted by Gasteiger charge is 2.08. The van der Waals surface area contributed by atoms with E-state index in [9.17, 15) is 9.59 Å². The maximum Gasteiger partial charge on any atom is 0.307 e. The van der Waals surface area contributed by atoms with E-state index in [2.05, 4.69) is 0 Å². The van der Waals surface area contributed by atoms with Gasteiger partial charge in [0.25, 0.3) is 0 Å². The lowest BCUT2D eigenvalue weighted by atomic mass is 10.0. The third-order valence-corrected chi connectivity index (χ3v) is 2.71. The van der Waals surface area contributed by atoms with E-state index in [1.54, 1.807) is 24.3 Å². The molecule has 1 aromatic carbocycles. The Bertz CT molecular complexity index is 596. The first kappa shape index (κ1) is 12.1. The van der Waals surface area contributed by atoms with Gasteiger partial charge in [0.05, 0.1) is 6.42 Å². The molecule has 0 unspecified atom stereocenters. The number of furan rings is 1. The van der Waals surface area contributed by atoms with Crippen LogP contribution in [0.3, 0.4) is 0 Å². The van der Waals surface area contributed by atoms with Gasteiger partial charge in [0.15, 0.2) is 12.0 Å². The third kappa shape index (κ3) is 2.48. The normalized spacial score (nSPS) is 10.3. The van der Waals surface area contributed by atoms with Crippen molar-refractivity contribution in [3.8, 4) is 11.3 Å². The third-order valence-electron chi connectivity index (χ3n) is 2.71. The fourth-order valence-electron chi connectivity index (χ4n) is 1.78. The average Bonchev–Trinajstić information content (AvgIpc) is 2.80. The van der Waals surface area contributed by atoms with Gasteiger partial charge in [-0.05, 0) is 36.2 Å². The molecule has 0 saturated carbocycles. The SMILES string of the molecule is Cc1cc(-c2ccc(C=O)o2)ccc1CC(=O)O. The van der Waals surface area contributed by atoms with Gasteiger partial charge in [-0.25, -0.2) is 0 Å². The molecule has 0 fully saturated rings. The Balaban J connectivity index is 2.33. The topological polar surface area (TPSA) is 67.5 Å². The largest absolute Gasteiger partial charge is 0.481 e. The van der Waals surface area contributed by atoms with Crippen molar-refractivity contribution in [3.05, 3.63) is 47.2 Å². The molecule has 1 heterocycles. The lowest BCUT2D eigenvalue weighted by molar-refractivity contribution is -0.136. The minimum Gasteiger partial charge on any atom is -0.481 e. The molecular weight excluding hydrogens is 232 g/mol. The predicted molar refractivity (Wildman–Crippen MR) is 65.6 cm³/mol. The highest BCUT2D eigenvalue weighted by Crippen LogP contribution is 2.24. The van der Waals surface area contributed by atoms with Crippen molar-refractivity contribution in [1.82, 2.24) is 0 Å². The van der Waals surface area contributed by atoms with E-state index in [-0.39, 0.29) is 12.2 Å². The lowest BCUT2D eigenvalue weighted by Crippen LogP contribution is -2.01. The van der Waals surface area contributed by atoms with Gasteiger partial charge in [0.1, 0.15) is 5.76 Å². The first-order valence-electron chi connectivity index (χ1n) is 5.47. The Labute approximate surface area is 104 Å². The Morgan fingerprint density at radius 2 is 2.11 bits per heavy atom. The van der Waals surface area contributed by atoms with Crippen LogP contribution in [-0.2, 0) is 11.2 Å². The van der Waals surface area contributed by atoms with Gasteiger partial charge in [-0.3, -0.25) is 9.59 Å². The number of aryl methyl sites for hydroxylation is 1. The van der Waals surface area contributed by atoms with E-state index < -0.39 is 5.97 Å². The Morgan fingerprint density at radius 3 is 2.67 bits per heavy atom. The van der Waals surface area contributed by atoms with E-state index >= 15 is 0 Å². The van der Waals surface area contributed by atoms with Gasteiger partial charge in [-0.1, -0.05) is 12.1 Å². The van der Waals surface area contributed by atoms with Crippen LogP contribution in [0.15, 0.2) is 34.7 Å². The van der Waals surface area contributed by atoms with Gasteiger partial charge < -0.3 is 9.52 Å². The predicted octanol–water partition coefficient (Wildman–Crippen LogP) is 2.69. The highest BCUT2D eigenvalue weighted by atomic mass is 16.4. The number of carboxylic acids is 1. The minimum absolute atomic E-state index is 0.00383. The number of carbonyl (C=O) groups excluding carboxylic acids is 1. The van der Waals surface area contributed by atoms with E-state index in [0.717, 1.165) is 16.7 Å². The summed E-state index contributed by atoms with van der Waals surface area (Å²) in [5, 5.41) is 8.76. The second kappa shape index (κ2) is 4.87. The molecule has 0 radical (unpaired) electrons. The van der Waals surface area contributed by atoms with Crippen LogP contribution in [0.2, 0.25) is 0 Å². The van der Waals surface area contributed by atoms with Crippen LogP contribution in [-0.4, -0.2) is 17.4 Å². The summed E-state index contributed by atoms with van der Waals surface area (Å²) in [4.78, 5) is 21.2. The minimum atomic E-state index is -0.855. The molecule has 0 aliphatic heterocycles. The molecule has 1 N–H and O–H groups in total. The summed E-state index contributed by atoms with van der Waals surface area (Å²) in [5.41, 5.74) is 2.49. The van der Waals surface area contributed by atoms with Gasteiger partial charge >= 0.3 is 5.97 Å². The number of aldehydes is 1. The molecule has 2 rings (SSSR count). The Kier molecular flexibility index (Phi) is 3.28. The second-order valence-corrected chi connectivity index (χ2v) is 4.03. The van der Waals surface area contributed by atoms with Crippen molar-refractivity contribution < 1.29 is 19.1 Å². The van der Waals surface area contributed by atoms with Gasteiger partial charge in [-0.15, -0.1) is 0 Å². The highest BCUT2D eigenvalue weighted by molar-refractivity contribution is 5.74. The first-order valence-corrected chi connectivity index (χ1v) is 5.47. The number of hydrogen-bond donors (Lipinski definition) is 1. The first-order chi connectivity index (χ1) is 8.60. The van der Waals surface area contributed by atoms with Crippen LogP contribution in [0.5, 0.6) is 0 Å². The van der Waals surface area contributed by atoms with Crippen molar-refractivity contribution in [2.24, 2.45) is 0 Å². The standard InChI is InChI=1S/C14H12O4/c1-9-6-11(3-2-10(9)7-14(16)17)13-5-4-12(8-15)18-13/h2-6,8H,7H2,1H3,(H,16,17). The van der Waals surface area contributed by atoms with Crippen LogP contribution >= 0.6 is 0 Å². The molecule has 0 bridgehead atoms. The van der Waals surface area contributed by atoms with Gasteiger partial charge in [0, 0.05) is 5.56 Å². The quantitative estimate of drug-likeness (QED) is 0.839. The van der Waals surface area contributed by atoms with Gasteiger partial charge in [0.2, 0.25) is 0 Å². The zero-order valence-corrected chi connectivity index (χ0v) is 9.84. The fraction of sp³-hybridized carbons (Fsp3) is 0.143. The average molecular weight is 244 g/mol. The molecule has 0 aliphatic carbocycles. The smallest absolute Gasteiger partial charge is 0.307 e. The number of carboxylic acid groups (broad SMARTS) is 1. The van der Waals surface area contributed by atoms with Crippen molar-refractivity contribution in [1.29, 1.82) is 0 Å². The molecule has 1 aromatic heterocycles. The number of rotatable bonds is 4. The van der Waals surface area contributed by atoms with E-state index in [1.165, 1.54) is 0 Å². The van der Waals surface area contributed by atoms with Gasteiger partial charge in [-0.2, -0.15) is 0 Å². The molecule has 0 aliphatic rings. The summed E-state index contributed by atoms with van der Waals surface area (Å²) in [7, 11) is 0. The van der Waals surface area contributed by atoms with Crippen LogP contribution in [0.4, 0.5) is 0 Å². The van der Waals surface area contributed by atoms with Crippen LogP contribution in [0.1, 0.15) is 21.7 Å². The Hall–Kier alpha value is -2.36. The summed E-state index contributed by atoms with van der Waals surface area (Å²) in [6, 6.07) is 8.73. The van der Waals surface area contributed by atoms with Crippen LogP contribution < -0.4 is 0 Å².